The fraction of sp³-hybridized carbons (Fsp3) is 0.333. The second kappa shape index (κ2) is 5.07. The Labute approximate surface area is 94.5 Å². The number of carboxylic acids is 1. The monoisotopic (exact) mass is 251 g/mol. The molecule has 1 aromatic rings. The fourth-order valence-electron chi connectivity index (χ4n) is 1.22. The van der Waals surface area contributed by atoms with Crippen LogP contribution in [-0.2, 0) is 17.1 Å². The van der Waals surface area contributed by atoms with E-state index in [0.29, 0.717) is 0 Å². The number of alkyl halides is 3. The number of halogens is 3. The lowest BCUT2D eigenvalue weighted by Gasteiger charge is -2.10. The third-order valence-corrected chi connectivity index (χ3v) is 2.24. The minimum absolute atomic E-state index is 0.104. The highest BCUT2D eigenvalue weighted by Crippen LogP contribution is 2.32. The maximum absolute atomic E-state index is 12.4. The van der Waals surface area contributed by atoms with Crippen LogP contribution in [0.1, 0.15) is 23.2 Å². The highest BCUT2D eigenvalue weighted by atomic mass is 35.5. The molecule has 0 radical (unpaired) electrons. The number of pyridine rings is 1. The predicted molar refractivity (Wildman–Crippen MR) is 51.8 cm³/mol. The SMILES string of the molecule is O=C(O)Cc1c(CCl)cnc(C(F)F)c1O. The maximum atomic E-state index is 12.4. The molecule has 0 unspecified atom stereocenters. The number of rotatable bonds is 4. The van der Waals surface area contributed by atoms with E-state index in [1.807, 2.05) is 0 Å². The first-order valence-electron chi connectivity index (χ1n) is 4.22. The molecule has 0 aliphatic carbocycles. The van der Waals surface area contributed by atoms with Gasteiger partial charge in [-0.1, -0.05) is 0 Å². The van der Waals surface area contributed by atoms with Gasteiger partial charge in [-0.05, 0) is 5.56 Å². The third kappa shape index (κ3) is 2.57. The van der Waals surface area contributed by atoms with Crippen LogP contribution < -0.4 is 0 Å². The average Bonchev–Trinajstić information content (AvgIpc) is 2.19. The quantitative estimate of drug-likeness (QED) is 0.804. The molecule has 0 aromatic carbocycles. The minimum Gasteiger partial charge on any atom is -0.505 e. The number of aromatic nitrogens is 1. The standard InChI is InChI=1S/C9H8ClF2NO3/c10-2-4-3-13-7(9(11)12)8(16)5(4)1-6(14)15/h3,9,16H,1-2H2,(H,14,15). The van der Waals surface area contributed by atoms with Gasteiger partial charge in [-0.3, -0.25) is 9.78 Å². The van der Waals surface area contributed by atoms with Crippen molar-refractivity contribution in [1.29, 1.82) is 0 Å². The summed E-state index contributed by atoms with van der Waals surface area (Å²) in [6, 6.07) is 0. The summed E-state index contributed by atoms with van der Waals surface area (Å²) in [6.07, 6.45) is -2.49. The van der Waals surface area contributed by atoms with E-state index in [1.165, 1.54) is 0 Å². The lowest BCUT2D eigenvalue weighted by molar-refractivity contribution is -0.136. The zero-order valence-corrected chi connectivity index (χ0v) is 8.71. The van der Waals surface area contributed by atoms with Crippen LogP contribution in [0.4, 0.5) is 8.78 Å². The van der Waals surface area contributed by atoms with Gasteiger partial charge in [-0.25, -0.2) is 8.78 Å². The summed E-state index contributed by atoms with van der Waals surface area (Å²) in [4.78, 5) is 13.8. The number of hydrogen-bond acceptors (Lipinski definition) is 3. The Morgan fingerprint density at radius 2 is 2.19 bits per heavy atom. The number of aliphatic carboxylic acids is 1. The van der Waals surface area contributed by atoms with Crippen molar-refractivity contribution < 1.29 is 23.8 Å². The lowest BCUT2D eigenvalue weighted by atomic mass is 10.1. The molecule has 0 atom stereocenters. The molecule has 0 fully saturated rings. The molecule has 1 rings (SSSR count). The Balaban J connectivity index is 3.28. The molecule has 0 amide bonds. The van der Waals surface area contributed by atoms with E-state index in [4.69, 9.17) is 16.7 Å². The molecule has 0 saturated carbocycles. The summed E-state index contributed by atoms with van der Waals surface area (Å²) in [5.74, 6) is -2.14. The van der Waals surface area contributed by atoms with Crippen molar-refractivity contribution in [3.05, 3.63) is 23.0 Å². The summed E-state index contributed by atoms with van der Waals surface area (Å²) in [7, 11) is 0. The Morgan fingerprint density at radius 3 is 2.62 bits per heavy atom. The van der Waals surface area contributed by atoms with Gasteiger partial charge >= 0.3 is 5.97 Å². The van der Waals surface area contributed by atoms with Crippen LogP contribution in [0.3, 0.4) is 0 Å². The van der Waals surface area contributed by atoms with Gasteiger partial charge in [0.15, 0.2) is 0 Å². The molecule has 0 bridgehead atoms. The van der Waals surface area contributed by atoms with Crippen LogP contribution in [0.15, 0.2) is 6.20 Å². The van der Waals surface area contributed by atoms with Gasteiger partial charge in [0.2, 0.25) is 0 Å². The van der Waals surface area contributed by atoms with E-state index in [1.54, 1.807) is 0 Å². The highest BCUT2D eigenvalue weighted by molar-refractivity contribution is 6.17. The van der Waals surface area contributed by atoms with Gasteiger partial charge in [-0.2, -0.15) is 0 Å². The molecular formula is C9H8ClF2NO3. The zero-order valence-electron chi connectivity index (χ0n) is 7.95. The van der Waals surface area contributed by atoms with Gasteiger partial charge in [0, 0.05) is 17.6 Å². The van der Waals surface area contributed by atoms with E-state index < -0.39 is 30.3 Å². The van der Waals surface area contributed by atoms with Crippen molar-refractivity contribution >= 4 is 17.6 Å². The number of carboxylic acid groups (broad SMARTS) is 1. The van der Waals surface area contributed by atoms with Gasteiger partial charge in [0.1, 0.15) is 11.4 Å². The van der Waals surface area contributed by atoms with Crippen LogP contribution in [0.5, 0.6) is 5.75 Å². The Morgan fingerprint density at radius 1 is 1.56 bits per heavy atom. The van der Waals surface area contributed by atoms with E-state index in [0.717, 1.165) is 6.20 Å². The second-order valence-electron chi connectivity index (χ2n) is 3.00. The summed E-state index contributed by atoms with van der Waals surface area (Å²) in [5, 5.41) is 18.0. The molecule has 2 N–H and O–H groups in total. The molecule has 7 heteroatoms. The highest BCUT2D eigenvalue weighted by Gasteiger charge is 2.21. The van der Waals surface area contributed by atoms with Crippen LogP contribution in [0, 0.1) is 0 Å². The molecular weight excluding hydrogens is 244 g/mol. The Bertz CT molecular complexity index is 412. The molecule has 88 valence electrons. The Hall–Kier alpha value is -1.43. The van der Waals surface area contributed by atoms with Gasteiger partial charge < -0.3 is 10.2 Å². The molecule has 1 aromatic heterocycles. The molecule has 16 heavy (non-hydrogen) atoms. The zero-order chi connectivity index (χ0) is 12.3. The first-order valence-corrected chi connectivity index (χ1v) is 4.76. The minimum atomic E-state index is -2.96. The van der Waals surface area contributed by atoms with Crippen molar-refractivity contribution in [2.75, 3.05) is 0 Å². The lowest BCUT2D eigenvalue weighted by Crippen LogP contribution is -2.06. The van der Waals surface area contributed by atoms with Crippen molar-refractivity contribution in [2.45, 2.75) is 18.7 Å². The molecule has 1 heterocycles. The largest absolute Gasteiger partial charge is 0.505 e. The normalized spacial score (nSPS) is 10.8. The molecule has 0 aliphatic heterocycles. The van der Waals surface area contributed by atoms with Crippen LogP contribution in [-0.4, -0.2) is 21.2 Å². The summed E-state index contributed by atoms with van der Waals surface area (Å²) in [6.45, 7) is 0. The fourth-order valence-corrected chi connectivity index (χ4v) is 1.45. The third-order valence-electron chi connectivity index (χ3n) is 1.95. The van der Waals surface area contributed by atoms with Crippen LogP contribution in [0.2, 0.25) is 0 Å². The summed E-state index contributed by atoms with van der Waals surface area (Å²) < 4.78 is 24.8. The summed E-state index contributed by atoms with van der Waals surface area (Å²) >= 11 is 5.49. The van der Waals surface area contributed by atoms with Crippen molar-refractivity contribution in [3.63, 3.8) is 0 Å². The van der Waals surface area contributed by atoms with Gasteiger partial charge in [0.25, 0.3) is 6.43 Å². The van der Waals surface area contributed by atoms with E-state index in [-0.39, 0.29) is 17.0 Å². The van der Waals surface area contributed by atoms with E-state index in [9.17, 15) is 18.7 Å². The first-order chi connectivity index (χ1) is 7.47. The average molecular weight is 252 g/mol. The number of carbonyl (C=O) groups is 1. The maximum Gasteiger partial charge on any atom is 0.307 e. The first kappa shape index (κ1) is 12.6. The van der Waals surface area contributed by atoms with Crippen molar-refractivity contribution in [3.8, 4) is 5.75 Å². The van der Waals surface area contributed by atoms with Crippen molar-refractivity contribution in [1.82, 2.24) is 4.98 Å². The van der Waals surface area contributed by atoms with E-state index >= 15 is 0 Å². The molecule has 0 spiro atoms. The topological polar surface area (TPSA) is 70.4 Å². The predicted octanol–water partition coefficient (Wildman–Crippen LogP) is 2.09. The molecule has 0 aliphatic rings. The second-order valence-corrected chi connectivity index (χ2v) is 3.27. The van der Waals surface area contributed by atoms with Crippen molar-refractivity contribution in [2.24, 2.45) is 0 Å². The van der Waals surface area contributed by atoms with Gasteiger partial charge in [0.05, 0.1) is 6.42 Å². The number of hydrogen-bond donors (Lipinski definition) is 2. The molecule has 0 saturated heterocycles. The smallest absolute Gasteiger partial charge is 0.307 e. The van der Waals surface area contributed by atoms with E-state index in [2.05, 4.69) is 4.98 Å². The number of nitrogens with zero attached hydrogens (tertiary/aromatic N) is 1. The van der Waals surface area contributed by atoms with Crippen LogP contribution >= 0.6 is 11.6 Å². The van der Waals surface area contributed by atoms with Gasteiger partial charge in [-0.15, -0.1) is 11.6 Å². The Kier molecular flexibility index (Phi) is 4.00. The summed E-state index contributed by atoms with van der Waals surface area (Å²) in [5.41, 5.74) is -0.719. The van der Waals surface area contributed by atoms with Crippen LogP contribution in [0.25, 0.3) is 0 Å². The molecule has 4 nitrogen and oxygen atoms in total. The number of aromatic hydroxyl groups is 1.